The van der Waals surface area contributed by atoms with Crippen molar-refractivity contribution in [3.05, 3.63) is 69.1 Å². The number of benzene rings is 1. The van der Waals surface area contributed by atoms with E-state index in [1.807, 2.05) is 13.8 Å². The van der Waals surface area contributed by atoms with Crippen molar-refractivity contribution in [1.29, 1.82) is 0 Å². The van der Waals surface area contributed by atoms with Crippen LogP contribution in [-0.4, -0.2) is 71.8 Å². The number of rotatable bonds is 6. The molecule has 36 heavy (non-hydrogen) atoms. The number of carbonyl (C=O) groups is 2. The Balaban J connectivity index is 1.39. The van der Waals surface area contributed by atoms with Crippen LogP contribution in [0.25, 0.3) is 11.0 Å². The van der Waals surface area contributed by atoms with Crippen molar-refractivity contribution in [1.82, 2.24) is 18.8 Å². The van der Waals surface area contributed by atoms with E-state index in [1.165, 1.54) is 39.7 Å². The van der Waals surface area contributed by atoms with Crippen molar-refractivity contribution in [2.45, 2.75) is 25.3 Å². The topological polar surface area (TPSA) is 119 Å². The van der Waals surface area contributed by atoms with Crippen molar-refractivity contribution < 1.29 is 22.7 Å². The first-order valence-corrected chi connectivity index (χ1v) is 13.1. The van der Waals surface area contributed by atoms with Crippen LogP contribution in [0.15, 0.2) is 52.3 Å². The van der Waals surface area contributed by atoms with Gasteiger partial charge in [0, 0.05) is 49.6 Å². The summed E-state index contributed by atoms with van der Waals surface area (Å²) in [7, 11) is -3.71. The van der Waals surface area contributed by atoms with Crippen LogP contribution < -0.4 is 5.43 Å². The molecule has 0 atom stereocenters. The molecule has 0 unspecified atom stereocenters. The summed E-state index contributed by atoms with van der Waals surface area (Å²) in [6, 6.07) is 9.19. The lowest BCUT2D eigenvalue weighted by Gasteiger charge is -2.33. The Morgan fingerprint density at radius 1 is 1.06 bits per heavy atom. The molecule has 3 aromatic rings. The maximum absolute atomic E-state index is 12.8. The highest BCUT2D eigenvalue weighted by atomic mass is 35.5. The van der Waals surface area contributed by atoms with Gasteiger partial charge in [-0.2, -0.15) is 4.31 Å². The molecule has 2 aromatic heterocycles. The summed E-state index contributed by atoms with van der Waals surface area (Å²) in [4.78, 5) is 44.1. The third-order valence-electron chi connectivity index (χ3n) is 5.99. The second-order valence-corrected chi connectivity index (χ2v) is 10.7. The van der Waals surface area contributed by atoms with E-state index in [1.54, 1.807) is 16.7 Å². The Kier molecular flexibility index (Phi) is 7.43. The van der Waals surface area contributed by atoms with Crippen LogP contribution in [0, 0.1) is 6.92 Å². The number of esters is 1. The number of pyridine rings is 2. The van der Waals surface area contributed by atoms with E-state index in [-0.39, 0.29) is 36.6 Å². The number of fused-ring (bicyclic) bond motifs is 1. The van der Waals surface area contributed by atoms with Crippen molar-refractivity contribution in [3.8, 4) is 0 Å². The van der Waals surface area contributed by atoms with Crippen LogP contribution in [0.2, 0.25) is 5.02 Å². The highest BCUT2D eigenvalue weighted by Crippen LogP contribution is 2.20. The molecule has 1 saturated heterocycles. The Labute approximate surface area is 213 Å². The molecule has 12 heteroatoms. The van der Waals surface area contributed by atoms with Crippen LogP contribution >= 0.6 is 11.6 Å². The highest BCUT2D eigenvalue weighted by molar-refractivity contribution is 7.89. The zero-order valence-corrected chi connectivity index (χ0v) is 21.4. The minimum absolute atomic E-state index is 0.100. The van der Waals surface area contributed by atoms with Gasteiger partial charge in [-0.1, -0.05) is 11.6 Å². The molecule has 0 aliphatic carbocycles. The van der Waals surface area contributed by atoms with Crippen LogP contribution in [0.1, 0.15) is 23.0 Å². The maximum atomic E-state index is 12.8. The molecule has 4 rings (SSSR count). The number of halogens is 1. The predicted molar refractivity (Wildman–Crippen MR) is 133 cm³/mol. The Morgan fingerprint density at radius 3 is 2.36 bits per heavy atom. The molecule has 0 N–H and O–H groups in total. The SMILES string of the molecule is CCn1cc(C(=O)OCC(=O)N2CCN(S(=O)(=O)c3ccc(Cl)cc3)CC2)c(=O)c2ccc(C)nc21. The first kappa shape index (κ1) is 25.8. The molecule has 0 radical (unpaired) electrons. The number of carbonyl (C=O) groups excluding carboxylic acids is 2. The van der Waals surface area contributed by atoms with E-state index in [0.29, 0.717) is 22.6 Å². The monoisotopic (exact) mass is 532 g/mol. The zero-order chi connectivity index (χ0) is 26.0. The van der Waals surface area contributed by atoms with Crippen molar-refractivity contribution >= 4 is 44.5 Å². The third kappa shape index (κ3) is 5.13. The first-order chi connectivity index (χ1) is 17.1. The number of amides is 1. The third-order valence-corrected chi connectivity index (χ3v) is 8.16. The average Bonchev–Trinajstić information content (AvgIpc) is 2.87. The molecule has 1 aliphatic heterocycles. The molecule has 10 nitrogen and oxygen atoms in total. The smallest absolute Gasteiger partial charge is 0.344 e. The van der Waals surface area contributed by atoms with Gasteiger partial charge < -0.3 is 14.2 Å². The summed E-state index contributed by atoms with van der Waals surface area (Å²) in [6.07, 6.45) is 1.39. The molecule has 1 aromatic carbocycles. The van der Waals surface area contributed by atoms with Gasteiger partial charge in [-0.3, -0.25) is 9.59 Å². The van der Waals surface area contributed by atoms with Gasteiger partial charge in [0.05, 0.1) is 10.3 Å². The van der Waals surface area contributed by atoms with Gasteiger partial charge in [-0.05, 0) is 50.2 Å². The lowest BCUT2D eigenvalue weighted by molar-refractivity contribution is -0.135. The number of piperazine rings is 1. The first-order valence-electron chi connectivity index (χ1n) is 11.3. The number of aromatic nitrogens is 2. The summed E-state index contributed by atoms with van der Waals surface area (Å²) in [5.74, 6) is -1.37. The van der Waals surface area contributed by atoms with Crippen LogP contribution in [0.3, 0.4) is 0 Å². The fraction of sp³-hybridized carbons (Fsp3) is 0.333. The molecule has 1 fully saturated rings. The fourth-order valence-corrected chi connectivity index (χ4v) is 5.52. The quantitative estimate of drug-likeness (QED) is 0.446. The number of ether oxygens (including phenoxy) is 1. The normalized spacial score (nSPS) is 14.7. The second kappa shape index (κ2) is 10.4. The molecular weight excluding hydrogens is 508 g/mol. The van der Waals surface area contributed by atoms with E-state index >= 15 is 0 Å². The summed E-state index contributed by atoms with van der Waals surface area (Å²) < 4.78 is 33.8. The van der Waals surface area contributed by atoms with Gasteiger partial charge in [0.2, 0.25) is 15.5 Å². The highest BCUT2D eigenvalue weighted by Gasteiger charge is 2.30. The summed E-state index contributed by atoms with van der Waals surface area (Å²) in [6.45, 7) is 4.09. The molecule has 0 saturated carbocycles. The minimum atomic E-state index is -3.71. The second-order valence-electron chi connectivity index (χ2n) is 8.30. The largest absolute Gasteiger partial charge is 0.452 e. The summed E-state index contributed by atoms with van der Waals surface area (Å²) in [5, 5.41) is 0.726. The molecule has 1 aliphatic rings. The molecule has 3 heterocycles. The van der Waals surface area contributed by atoms with Crippen molar-refractivity contribution in [3.63, 3.8) is 0 Å². The van der Waals surface area contributed by atoms with Crippen molar-refractivity contribution in [2.24, 2.45) is 0 Å². The molecule has 0 spiro atoms. The summed E-state index contributed by atoms with van der Waals surface area (Å²) in [5.41, 5.74) is 0.523. The van der Waals surface area contributed by atoms with Crippen molar-refractivity contribution in [2.75, 3.05) is 32.8 Å². The lowest BCUT2D eigenvalue weighted by Crippen LogP contribution is -2.51. The maximum Gasteiger partial charge on any atom is 0.344 e. The minimum Gasteiger partial charge on any atom is -0.452 e. The standard InChI is InChI=1S/C24H25ClN4O6S/c1-3-27-14-20(22(31)19-9-4-16(2)26-23(19)27)24(32)35-15-21(30)28-10-12-29(13-11-28)36(33,34)18-7-5-17(25)6-8-18/h4-9,14H,3,10-13,15H2,1-2H3. The average molecular weight is 533 g/mol. The van der Waals surface area contributed by atoms with Gasteiger partial charge >= 0.3 is 5.97 Å². The van der Waals surface area contributed by atoms with E-state index in [2.05, 4.69) is 4.98 Å². The number of sulfonamides is 1. The number of nitrogens with zero attached hydrogens (tertiary/aromatic N) is 4. The van der Waals surface area contributed by atoms with Crippen LogP contribution in [0.4, 0.5) is 0 Å². The Bertz CT molecular complexity index is 1480. The molecule has 0 bridgehead atoms. The predicted octanol–water partition coefficient (Wildman–Crippen LogP) is 2.07. The van der Waals surface area contributed by atoms with E-state index in [4.69, 9.17) is 16.3 Å². The number of aryl methyl sites for hydroxylation is 2. The Morgan fingerprint density at radius 2 is 1.72 bits per heavy atom. The van der Waals surface area contributed by atoms with Crippen LogP contribution in [-0.2, 0) is 26.1 Å². The molecule has 190 valence electrons. The van der Waals surface area contributed by atoms with Gasteiger partial charge in [0.15, 0.2) is 6.61 Å². The zero-order valence-electron chi connectivity index (χ0n) is 19.8. The molecular formula is C24H25ClN4O6S. The van der Waals surface area contributed by atoms with Gasteiger partial charge in [0.1, 0.15) is 11.2 Å². The van der Waals surface area contributed by atoms with E-state index in [0.717, 1.165) is 5.69 Å². The van der Waals surface area contributed by atoms with Crippen LogP contribution in [0.5, 0.6) is 0 Å². The lowest BCUT2D eigenvalue weighted by atomic mass is 10.2. The van der Waals surface area contributed by atoms with E-state index < -0.39 is 33.9 Å². The van der Waals surface area contributed by atoms with Gasteiger partial charge in [-0.15, -0.1) is 0 Å². The summed E-state index contributed by atoms with van der Waals surface area (Å²) >= 11 is 5.84. The Hall–Kier alpha value is -3.28. The van der Waals surface area contributed by atoms with Gasteiger partial charge in [0.25, 0.3) is 5.91 Å². The number of hydrogen-bond donors (Lipinski definition) is 0. The molecule has 1 amide bonds. The number of hydrogen-bond acceptors (Lipinski definition) is 7. The van der Waals surface area contributed by atoms with Gasteiger partial charge in [-0.25, -0.2) is 18.2 Å². The van der Waals surface area contributed by atoms with E-state index in [9.17, 15) is 22.8 Å². The fourth-order valence-electron chi connectivity index (χ4n) is 3.98.